The van der Waals surface area contributed by atoms with E-state index in [1.165, 1.54) is 29.5 Å². The summed E-state index contributed by atoms with van der Waals surface area (Å²) in [4.78, 5) is 38.3. The van der Waals surface area contributed by atoms with Crippen LogP contribution >= 0.6 is 0 Å². The number of rotatable bonds is 8. The predicted molar refractivity (Wildman–Crippen MR) is 97.2 cm³/mol. The van der Waals surface area contributed by atoms with E-state index in [4.69, 9.17) is 4.74 Å². The minimum absolute atomic E-state index is 0.0430. The molecule has 1 unspecified atom stereocenters. The number of amides is 1. The Labute approximate surface area is 160 Å². The van der Waals surface area contributed by atoms with E-state index in [-0.39, 0.29) is 30.0 Å². The van der Waals surface area contributed by atoms with Crippen molar-refractivity contribution in [3.05, 3.63) is 46.5 Å². The van der Waals surface area contributed by atoms with Gasteiger partial charge in [-0.25, -0.2) is 14.5 Å². The van der Waals surface area contributed by atoms with Crippen LogP contribution < -0.4 is 5.32 Å². The number of ether oxygens (including phenoxy) is 1. The molecule has 1 amide bonds. The molecule has 0 bridgehead atoms. The number of carbonyl (C=O) groups excluding carboxylic acids is 1. The normalized spacial score (nSPS) is 12.4. The number of aromatic nitrogens is 3. The maximum atomic E-state index is 12.4. The van der Waals surface area contributed by atoms with Crippen LogP contribution in [0.15, 0.2) is 30.9 Å². The summed E-state index contributed by atoms with van der Waals surface area (Å²) in [5.74, 6) is -1.96. The molecule has 1 aromatic carbocycles. The zero-order valence-corrected chi connectivity index (χ0v) is 15.7. The number of nitrogens with one attached hydrogen (secondary N) is 1. The Hall–Kier alpha value is -3.34. The lowest BCUT2D eigenvalue weighted by atomic mass is 10.1. The molecule has 150 valence electrons. The van der Waals surface area contributed by atoms with Gasteiger partial charge in [-0.05, 0) is 32.9 Å². The number of carboxylic acids is 1. The van der Waals surface area contributed by atoms with E-state index in [1.54, 1.807) is 0 Å². The smallest absolute Gasteiger partial charge is 0.326 e. The lowest BCUT2D eigenvalue weighted by molar-refractivity contribution is -0.384. The van der Waals surface area contributed by atoms with Gasteiger partial charge in [-0.2, -0.15) is 5.10 Å². The van der Waals surface area contributed by atoms with Gasteiger partial charge in [0, 0.05) is 24.7 Å². The van der Waals surface area contributed by atoms with Crippen molar-refractivity contribution in [2.75, 3.05) is 6.61 Å². The number of hydrogen-bond acceptors (Lipinski definition) is 7. The van der Waals surface area contributed by atoms with Gasteiger partial charge >= 0.3 is 5.97 Å². The molecule has 11 heteroatoms. The third-order valence-electron chi connectivity index (χ3n) is 3.64. The fourth-order valence-corrected chi connectivity index (χ4v) is 2.32. The Balaban J connectivity index is 2.17. The molecule has 1 aromatic heterocycles. The van der Waals surface area contributed by atoms with E-state index < -0.39 is 28.4 Å². The van der Waals surface area contributed by atoms with Crippen molar-refractivity contribution in [2.24, 2.45) is 0 Å². The second-order valence-corrected chi connectivity index (χ2v) is 6.91. The van der Waals surface area contributed by atoms with Crippen molar-refractivity contribution >= 4 is 17.6 Å². The molecule has 0 aliphatic rings. The lowest BCUT2D eigenvalue weighted by Crippen LogP contribution is -2.42. The van der Waals surface area contributed by atoms with Gasteiger partial charge in [0.25, 0.3) is 11.6 Å². The first-order valence-corrected chi connectivity index (χ1v) is 8.39. The van der Waals surface area contributed by atoms with Crippen molar-refractivity contribution < 1.29 is 24.4 Å². The van der Waals surface area contributed by atoms with Crippen LogP contribution in [-0.2, 0) is 9.53 Å². The summed E-state index contributed by atoms with van der Waals surface area (Å²) < 4.78 is 6.68. The van der Waals surface area contributed by atoms with E-state index >= 15 is 0 Å². The number of carboxylic acid groups (broad SMARTS) is 1. The van der Waals surface area contributed by atoms with Crippen molar-refractivity contribution in [3.63, 3.8) is 0 Å². The zero-order chi connectivity index (χ0) is 20.9. The molecular weight excluding hydrogens is 370 g/mol. The first-order valence-electron chi connectivity index (χ1n) is 8.39. The highest BCUT2D eigenvalue weighted by molar-refractivity contribution is 5.97. The largest absolute Gasteiger partial charge is 0.480 e. The Morgan fingerprint density at radius 1 is 1.39 bits per heavy atom. The van der Waals surface area contributed by atoms with Gasteiger partial charge in [0.2, 0.25) is 0 Å². The molecule has 2 rings (SSSR count). The summed E-state index contributed by atoms with van der Waals surface area (Å²) in [6.45, 7) is 5.62. The Morgan fingerprint density at radius 3 is 2.64 bits per heavy atom. The monoisotopic (exact) mass is 391 g/mol. The summed E-state index contributed by atoms with van der Waals surface area (Å²) in [7, 11) is 0. The maximum absolute atomic E-state index is 12.4. The highest BCUT2D eigenvalue weighted by Gasteiger charge is 2.24. The third-order valence-corrected chi connectivity index (χ3v) is 3.64. The SMILES string of the molecule is CC(C)(C)OCCC(NC(=O)c1ccc(-n2cncn2)c([N+](=O)[O-])c1)C(=O)O. The molecule has 0 aliphatic carbocycles. The van der Waals surface area contributed by atoms with Crippen molar-refractivity contribution in [1.82, 2.24) is 20.1 Å². The van der Waals surface area contributed by atoms with Crippen LogP contribution in [-0.4, -0.2) is 54.9 Å². The number of nitrogens with zero attached hydrogens (tertiary/aromatic N) is 4. The second-order valence-electron chi connectivity index (χ2n) is 6.91. The standard InChI is InChI=1S/C17H21N5O6/c1-17(2,3)28-7-6-12(16(24)25)20-15(23)11-4-5-13(14(8-11)22(26)27)21-10-18-9-19-21/h4-5,8-10,12H,6-7H2,1-3H3,(H,20,23)(H,24,25). The van der Waals surface area contributed by atoms with E-state index in [2.05, 4.69) is 15.4 Å². The number of aliphatic carboxylic acids is 1. The molecule has 2 aromatic rings. The molecule has 1 atom stereocenters. The van der Waals surface area contributed by atoms with E-state index in [0.717, 1.165) is 6.07 Å². The molecule has 0 fully saturated rings. The summed E-state index contributed by atoms with van der Waals surface area (Å²) in [5, 5.41) is 26.9. The molecule has 0 spiro atoms. The summed E-state index contributed by atoms with van der Waals surface area (Å²) >= 11 is 0. The van der Waals surface area contributed by atoms with E-state index in [0.29, 0.717) is 0 Å². The Kier molecular flexibility index (Phi) is 6.41. The van der Waals surface area contributed by atoms with E-state index in [9.17, 15) is 24.8 Å². The van der Waals surface area contributed by atoms with Crippen LogP contribution in [0.25, 0.3) is 5.69 Å². The van der Waals surface area contributed by atoms with Gasteiger partial charge < -0.3 is 15.2 Å². The van der Waals surface area contributed by atoms with Gasteiger partial charge in [-0.1, -0.05) is 0 Å². The number of carbonyl (C=O) groups is 2. The molecule has 0 aliphatic heterocycles. The number of hydrogen-bond donors (Lipinski definition) is 2. The van der Waals surface area contributed by atoms with Crippen LogP contribution in [0.5, 0.6) is 0 Å². The van der Waals surface area contributed by atoms with Gasteiger partial charge in [0.1, 0.15) is 24.4 Å². The second kappa shape index (κ2) is 8.57. The first kappa shape index (κ1) is 21.0. The van der Waals surface area contributed by atoms with Crippen LogP contribution in [0.2, 0.25) is 0 Å². The molecular formula is C17H21N5O6. The average Bonchev–Trinajstić information content (AvgIpc) is 3.13. The van der Waals surface area contributed by atoms with Gasteiger partial charge in [0.15, 0.2) is 0 Å². The highest BCUT2D eigenvalue weighted by atomic mass is 16.6. The van der Waals surface area contributed by atoms with Gasteiger partial charge in [0.05, 0.1) is 10.5 Å². The Bertz CT molecular complexity index is 859. The third kappa shape index (κ3) is 5.58. The highest BCUT2D eigenvalue weighted by Crippen LogP contribution is 2.23. The topological polar surface area (TPSA) is 149 Å². The fraction of sp³-hybridized carbons (Fsp3) is 0.412. The number of nitro groups is 1. The summed E-state index contributed by atoms with van der Waals surface area (Å²) in [5.41, 5.74) is -0.711. The molecule has 0 radical (unpaired) electrons. The van der Waals surface area contributed by atoms with Crippen LogP contribution in [0, 0.1) is 10.1 Å². The van der Waals surface area contributed by atoms with Crippen molar-refractivity contribution in [2.45, 2.75) is 38.8 Å². The molecule has 0 saturated carbocycles. The van der Waals surface area contributed by atoms with Gasteiger partial charge in [-0.15, -0.1) is 0 Å². The lowest BCUT2D eigenvalue weighted by Gasteiger charge is -2.21. The van der Waals surface area contributed by atoms with E-state index in [1.807, 2.05) is 20.8 Å². The van der Waals surface area contributed by atoms with Crippen molar-refractivity contribution in [3.8, 4) is 5.69 Å². The zero-order valence-electron chi connectivity index (χ0n) is 15.7. The maximum Gasteiger partial charge on any atom is 0.326 e. The molecule has 28 heavy (non-hydrogen) atoms. The first-order chi connectivity index (χ1) is 13.1. The van der Waals surface area contributed by atoms with Gasteiger partial charge in [-0.3, -0.25) is 14.9 Å². The van der Waals surface area contributed by atoms with Crippen LogP contribution in [0.4, 0.5) is 5.69 Å². The number of nitro benzene ring substituents is 1. The Morgan fingerprint density at radius 2 is 2.11 bits per heavy atom. The quantitative estimate of drug-likeness (QED) is 0.508. The summed E-state index contributed by atoms with van der Waals surface area (Å²) in [6.07, 6.45) is 2.57. The summed E-state index contributed by atoms with van der Waals surface area (Å²) in [6, 6.07) is 2.57. The van der Waals surface area contributed by atoms with Crippen LogP contribution in [0.1, 0.15) is 37.6 Å². The minimum atomic E-state index is -1.22. The minimum Gasteiger partial charge on any atom is -0.480 e. The van der Waals surface area contributed by atoms with Crippen LogP contribution in [0.3, 0.4) is 0 Å². The molecule has 11 nitrogen and oxygen atoms in total. The average molecular weight is 391 g/mol. The fourth-order valence-electron chi connectivity index (χ4n) is 2.32. The number of benzene rings is 1. The molecule has 0 saturated heterocycles. The van der Waals surface area contributed by atoms with Crippen molar-refractivity contribution in [1.29, 1.82) is 0 Å². The molecule has 2 N–H and O–H groups in total. The molecule has 1 heterocycles. The predicted octanol–water partition coefficient (Wildman–Crippen LogP) is 1.56.